The van der Waals surface area contributed by atoms with Crippen LogP contribution in [0.15, 0.2) is 48.5 Å². The molecular weight excluding hydrogens is 308 g/mol. The molecule has 1 unspecified atom stereocenters. The summed E-state index contributed by atoms with van der Waals surface area (Å²) in [4.78, 5) is 22.3. The number of para-hydroxylation sites is 1. The molecule has 1 atom stereocenters. The normalized spacial score (nSPS) is 11.7. The largest absolute Gasteiger partial charge is 0.387 e. The number of nitro groups is 1. The molecule has 0 fully saturated rings. The third-order valence-corrected chi connectivity index (χ3v) is 3.41. The van der Waals surface area contributed by atoms with E-state index in [1.54, 1.807) is 24.3 Å². The molecule has 6 nitrogen and oxygen atoms in total. The number of carbonyl (C=O) groups excluding carboxylic acids is 1. The molecule has 0 radical (unpaired) electrons. The highest BCUT2D eigenvalue weighted by atomic mass is 35.5. The summed E-state index contributed by atoms with van der Waals surface area (Å²) >= 11 is 5.96. The average molecular weight is 321 g/mol. The molecule has 0 heterocycles. The third-order valence-electron chi connectivity index (χ3n) is 3.07. The number of carbonyl (C=O) groups is 1. The zero-order valence-electron chi connectivity index (χ0n) is 11.4. The number of nitro benzene ring substituents is 1. The summed E-state index contributed by atoms with van der Waals surface area (Å²) in [5.41, 5.74) is 0.137. The molecule has 0 saturated heterocycles. The number of hydrogen-bond donors (Lipinski definition) is 2. The van der Waals surface area contributed by atoms with Gasteiger partial charge in [-0.05, 0) is 12.1 Å². The van der Waals surface area contributed by atoms with Gasteiger partial charge < -0.3 is 10.4 Å². The number of amides is 1. The van der Waals surface area contributed by atoms with Crippen molar-refractivity contribution in [2.24, 2.45) is 0 Å². The standard InChI is InChI=1S/C15H13ClN2O4/c16-12-7-3-1-5-10(12)14(19)9-17-15(20)11-6-2-4-8-13(11)18(21)22/h1-8,14,19H,9H2,(H,17,20). The zero-order valence-corrected chi connectivity index (χ0v) is 12.2. The quantitative estimate of drug-likeness (QED) is 0.654. The second-order valence-electron chi connectivity index (χ2n) is 4.52. The van der Waals surface area contributed by atoms with Gasteiger partial charge in [0.2, 0.25) is 0 Å². The van der Waals surface area contributed by atoms with Crippen LogP contribution in [0.5, 0.6) is 0 Å². The van der Waals surface area contributed by atoms with Gasteiger partial charge >= 0.3 is 0 Å². The van der Waals surface area contributed by atoms with Gasteiger partial charge in [-0.25, -0.2) is 0 Å². The molecule has 2 aromatic rings. The smallest absolute Gasteiger partial charge is 0.282 e. The predicted octanol–water partition coefficient (Wildman–Crippen LogP) is 2.71. The van der Waals surface area contributed by atoms with Crippen LogP contribution in [-0.4, -0.2) is 22.5 Å². The van der Waals surface area contributed by atoms with Crippen LogP contribution in [0.25, 0.3) is 0 Å². The fourth-order valence-electron chi connectivity index (χ4n) is 1.96. The van der Waals surface area contributed by atoms with Gasteiger partial charge in [0.05, 0.1) is 11.0 Å². The Kier molecular flexibility index (Phi) is 5.08. The molecule has 2 rings (SSSR count). The van der Waals surface area contributed by atoms with Crippen molar-refractivity contribution >= 4 is 23.2 Å². The van der Waals surface area contributed by atoms with Crippen LogP contribution in [0.4, 0.5) is 5.69 Å². The van der Waals surface area contributed by atoms with E-state index in [-0.39, 0.29) is 17.8 Å². The van der Waals surface area contributed by atoms with E-state index in [2.05, 4.69) is 5.32 Å². The molecule has 2 aromatic carbocycles. The maximum Gasteiger partial charge on any atom is 0.282 e. The molecule has 2 N–H and O–H groups in total. The number of aliphatic hydroxyl groups excluding tert-OH is 1. The molecule has 0 aliphatic rings. The summed E-state index contributed by atoms with van der Waals surface area (Å²) in [5.74, 6) is -0.626. The Hall–Kier alpha value is -2.44. The number of halogens is 1. The molecule has 0 bridgehead atoms. The van der Waals surface area contributed by atoms with Crippen molar-refractivity contribution in [3.8, 4) is 0 Å². The minimum atomic E-state index is -1.000. The summed E-state index contributed by atoms with van der Waals surface area (Å²) in [7, 11) is 0. The highest BCUT2D eigenvalue weighted by Gasteiger charge is 2.20. The second-order valence-corrected chi connectivity index (χ2v) is 4.93. The number of hydrogen-bond acceptors (Lipinski definition) is 4. The van der Waals surface area contributed by atoms with Crippen molar-refractivity contribution < 1.29 is 14.8 Å². The minimum absolute atomic E-state index is 0.0566. The lowest BCUT2D eigenvalue weighted by Gasteiger charge is -2.13. The van der Waals surface area contributed by atoms with Crippen molar-refractivity contribution in [1.29, 1.82) is 0 Å². The topological polar surface area (TPSA) is 92.5 Å². The van der Waals surface area contributed by atoms with Crippen LogP contribution in [0.1, 0.15) is 22.0 Å². The number of nitrogens with one attached hydrogen (secondary N) is 1. The maximum atomic E-state index is 12.0. The van der Waals surface area contributed by atoms with Gasteiger partial charge in [0.1, 0.15) is 5.56 Å². The van der Waals surface area contributed by atoms with E-state index < -0.39 is 16.9 Å². The Morgan fingerprint density at radius 1 is 1.23 bits per heavy atom. The first-order chi connectivity index (χ1) is 10.5. The van der Waals surface area contributed by atoms with Crippen LogP contribution in [0.2, 0.25) is 5.02 Å². The Morgan fingerprint density at radius 3 is 2.55 bits per heavy atom. The van der Waals surface area contributed by atoms with E-state index in [9.17, 15) is 20.0 Å². The molecule has 22 heavy (non-hydrogen) atoms. The SMILES string of the molecule is O=C(NCC(O)c1ccccc1Cl)c1ccccc1[N+](=O)[O-]. The summed E-state index contributed by atoms with van der Waals surface area (Å²) in [5, 5.41) is 23.8. The number of benzene rings is 2. The molecular formula is C15H13ClN2O4. The summed E-state index contributed by atoms with van der Waals surface area (Å²) in [6, 6.07) is 12.3. The Bertz CT molecular complexity index is 705. The Morgan fingerprint density at radius 2 is 1.86 bits per heavy atom. The Balaban J connectivity index is 2.08. The predicted molar refractivity (Wildman–Crippen MR) is 81.8 cm³/mol. The van der Waals surface area contributed by atoms with E-state index in [0.717, 1.165) is 0 Å². The molecule has 0 aromatic heterocycles. The highest BCUT2D eigenvalue weighted by Crippen LogP contribution is 2.22. The summed E-state index contributed by atoms with van der Waals surface area (Å²) in [6.45, 7) is -0.103. The van der Waals surface area contributed by atoms with Gasteiger partial charge in [-0.3, -0.25) is 14.9 Å². The van der Waals surface area contributed by atoms with Gasteiger partial charge in [-0.1, -0.05) is 41.9 Å². The van der Waals surface area contributed by atoms with E-state index in [1.807, 2.05) is 0 Å². The molecule has 0 saturated carbocycles. The van der Waals surface area contributed by atoms with Gasteiger partial charge in [-0.2, -0.15) is 0 Å². The lowest BCUT2D eigenvalue weighted by molar-refractivity contribution is -0.385. The fourth-order valence-corrected chi connectivity index (χ4v) is 2.23. The van der Waals surface area contributed by atoms with E-state index >= 15 is 0 Å². The number of rotatable bonds is 5. The van der Waals surface area contributed by atoms with Crippen LogP contribution in [0.3, 0.4) is 0 Å². The van der Waals surface area contributed by atoms with Crippen LogP contribution < -0.4 is 5.32 Å². The van der Waals surface area contributed by atoms with Crippen molar-refractivity contribution in [3.63, 3.8) is 0 Å². The van der Waals surface area contributed by atoms with Gasteiger partial charge in [-0.15, -0.1) is 0 Å². The zero-order chi connectivity index (χ0) is 16.1. The molecule has 114 valence electrons. The van der Waals surface area contributed by atoms with Gasteiger partial charge in [0.15, 0.2) is 0 Å². The van der Waals surface area contributed by atoms with Crippen molar-refractivity contribution in [3.05, 3.63) is 74.8 Å². The first-order valence-electron chi connectivity index (χ1n) is 6.45. The van der Waals surface area contributed by atoms with E-state index in [1.165, 1.54) is 24.3 Å². The lowest BCUT2D eigenvalue weighted by Crippen LogP contribution is -2.29. The highest BCUT2D eigenvalue weighted by molar-refractivity contribution is 6.31. The van der Waals surface area contributed by atoms with Gasteiger partial charge in [0.25, 0.3) is 11.6 Å². The lowest BCUT2D eigenvalue weighted by atomic mass is 10.1. The third kappa shape index (κ3) is 3.60. The van der Waals surface area contributed by atoms with Crippen LogP contribution in [0, 0.1) is 10.1 Å². The van der Waals surface area contributed by atoms with Crippen molar-refractivity contribution in [1.82, 2.24) is 5.32 Å². The maximum absolute atomic E-state index is 12.0. The fraction of sp³-hybridized carbons (Fsp3) is 0.133. The summed E-state index contributed by atoms with van der Waals surface area (Å²) < 4.78 is 0. The van der Waals surface area contributed by atoms with Gasteiger partial charge in [0, 0.05) is 23.2 Å². The molecule has 0 aliphatic heterocycles. The van der Waals surface area contributed by atoms with Crippen molar-refractivity contribution in [2.75, 3.05) is 6.54 Å². The molecule has 7 heteroatoms. The van der Waals surface area contributed by atoms with E-state index in [0.29, 0.717) is 10.6 Å². The minimum Gasteiger partial charge on any atom is -0.387 e. The number of aliphatic hydroxyl groups is 1. The molecule has 0 spiro atoms. The van der Waals surface area contributed by atoms with Crippen LogP contribution >= 0.6 is 11.6 Å². The monoisotopic (exact) mass is 320 g/mol. The van der Waals surface area contributed by atoms with Crippen LogP contribution in [-0.2, 0) is 0 Å². The molecule has 0 aliphatic carbocycles. The van der Waals surface area contributed by atoms with Crippen molar-refractivity contribution in [2.45, 2.75) is 6.10 Å². The Labute approximate surface area is 131 Å². The first kappa shape index (κ1) is 15.9. The summed E-state index contributed by atoms with van der Waals surface area (Å²) in [6.07, 6.45) is -1.000. The number of nitrogens with zero attached hydrogens (tertiary/aromatic N) is 1. The van der Waals surface area contributed by atoms with E-state index in [4.69, 9.17) is 11.6 Å². The molecule has 1 amide bonds. The first-order valence-corrected chi connectivity index (χ1v) is 6.82. The second kappa shape index (κ2) is 7.02. The average Bonchev–Trinajstić information content (AvgIpc) is 2.52.